The number of aliphatic hydroxyl groups is 2. The zero-order valence-corrected chi connectivity index (χ0v) is 30.0. The van der Waals surface area contributed by atoms with Gasteiger partial charge in [-0.2, -0.15) is 21.4 Å². The van der Waals surface area contributed by atoms with Crippen LogP contribution in [0.5, 0.6) is 0 Å². The molecule has 3 unspecified atom stereocenters. The highest BCUT2D eigenvalue weighted by molar-refractivity contribution is 7.86. The molecule has 2 heterocycles. The Hall–Kier alpha value is -3.92. The zero-order chi connectivity index (χ0) is 36.4. The lowest BCUT2D eigenvalue weighted by Gasteiger charge is -2.28. The molecule has 6 rings (SSSR count). The van der Waals surface area contributed by atoms with Gasteiger partial charge in [-0.15, -0.1) is 0 Å². The van der Waals surface area contributed by atoms with E-state index in [2.05, 4.69) is 18.3 Å². The predicted octanol–water partition coefficient (Wildman–Crippen LogP) is 3.92. The second-order valence-electron chi connectivity index (χ2n) is 14.0. The molecule has 0 bridgehead atoms. The van der Waals surface area contributed by atoms with E-state index in [-0.39, 0.29) is 24.1 Å². The monoisotopic (exact) mass is 724 g/mol. The molecule has 0 saturated heterocycles. The van der Waals surface area contributed by atoms with Crippen molar-refractivity contribution >= 4 is 43.2 Å². The molecular formula is C36H42N3O9S2+. The van der Waals surface area contributed by atoms with Crippen LogP contribution in [0.15, 0.2) is 88.1 Å². The van der Waals surface area contributed by atoms with Gasteiger partial charge in [0.2, 0.25) is 11.6 Å². The molecule has 0 spiro atoms. The Labute approximate surface area is 292 Å². The number of aryl methyl sites for hydroxylation is 1. The third kappa shape index (κ3) is 6.40. The third-order valence-corrected chi connectivity index (χ3v) is 12.0. The fourth-order valence-corrected chi connectivity index (χ4v) is 9.33. The average Bonchev–Trinajstić information content (AvgIpc) is 3.67. The summed E-state index contributed by atoms with van der Waals surface area (Å²) in [5, 5.41) is 24.0. The maximum Gasteiger partial charge on any atom is 0.294 e. The molecule has 1 amide bonds. The van der Waals surface area contributed by atoms with Crippen molar-refractivity contribution in [3.8, 4) is 0 Å². The van der Waals surface area contributed by atoms with Crippen LogP contribution in [0.25, 0.3) is 0 Å². The van der Waals surface area contributed by atoms with Crippen LogP contribution in [-0.4, -0.2) is 77.5 Å². The maximum absolute atomic E-state index is 12.3. The summed E-state index contributed by atoms with van der Waals surface area (Å²) in [7, 11) is -8.82. The molecule has 2 aliphatic carbocycles. The standard InChI is InChI=1S/C36H41N3O9S2/c1-22-5-11-31-29(17-22)35(3)15-13-24(33(35)38(31)19-27(42)20-49(43,44)45)6-8-26(37-23(2)41)9-7-25-14-16-36(4)30-18-28(50(46,47)48)10-12-32(30)39(21-40)34(25)36/h5-12,17-18,27,40,42H,13-16,19-21H2,1-4H3,(H2,43,44,45,46,47,48)/p+1/b8-6+. The van der Waals surface area contributed by atoms with Gasteiger partial charge in [0.05, 0.1) is 16.4 Å². The van der Waals surface area contributed by atoms with Crippen molar-refractivity contribution in [1.82, 2.24) is 5.32 Å². The number of nitrogens with zero attached hydrogens (tertiary/aromatic N) is 2. The van der Waals surface area contributed by atoms with E-state index in [0.29, 0.717) is 36.2 Å². The molecule has 1 fully saturated rings. The van der Waals surface area contributed by atoms with Crippen LogP contribution in [0.3, 0.4) is 0 Å². The molecule has 2 aromatic carbocycles. The van der Waals surface area contributed by atoms with Gasteiger partial charge in [0.25, 0.3) is 27.0 Å². The Kier molecular flexibility index (Phi) is 9.11. The number of aliphatic hydroxyl groups excluding tert-OH is 2. The van der Waals surface area contributed by atoms with Gasteiger partial charge in [-0.3, -0.25) is 13.9 Å². The van der Waals surface area contributed by atoms with E-state index < -0.39 is 42.9 Å². The first kappa shape index (κ1) is 35.9. The van der Waals surface area contributed by atoms with Crippen LogP contribution in [0, 0.1) is 6.92 Å². The number of allylic oxidation sites excluding steroid dienone is 7. The number of amides is 1. The molecule has 1 saturated carbocycles. The highest BCUT2D eigenvalue weighted by atomic mass is 32.2. The minimum Gasteiger partial charge on any atom is -0.390 e. The minimum atomic E-state index is -4.42. The van der Waals surface area contributed by atoms with Crippen LogP contribution in [0.4, 0.5) is 11.4 Å². The minimum absolute atomic E-state index is 0.0363. The first-order chi connectivity index (χ1) is 23.4. The van der Waals surface area contributed by atoms with Crippen molar-refractivity contribution in [1.29, 1.82) is 0 Å². The van der Waals surface area contributed by atoms with E-state index in [1.165, 1.54) is 19.1 Å². The van der Waals surface area contributed by atoms with E-state index in [4.69, 9.17) is 0 Å². The predicted molar refractivity (Wildman–Crippen MR) is 189 cm³/mol. The van der Waals surface area contributed by atoms with Gasteiger partial charge in [0, 0.05) is 53.2 Å². The first-order valence-corrected chi connectivity index (χ1v) is 19.4. The molecule has 5 N–H and O–H groups in total. The van der Waals surface area contributed by atoms with E-state index >= 15 is 0 Å². The van der Waals surface area contributed by atoms with Gasteiger partial charge in [0.1, 0.15) is 5.75 Å². The first-order valence-electron chi connectivity index (χ1n) is 16.4. The van der Waals surface area contributed by atoms with Crippen molar-refractivity contribution in [3.05, 3.63) is 99.9 Å². The van der Waals surface area contributed by atoms with Crippen LogP contribution in [-0.2, 0) is 35.9 Å². The quantitative estimate of drug-likeness (QED) is 0.137. The normalized spacial score (nSPS) is 24.7. The number of anilines is 1. The zero-order valence-electron chi connectivity index (χ0n) is 28.3. The lowest BCUT2D eigenvalue weighted by Crippen LogP contribution is -2.36. The lowest BCUT2D eigenvalue weighted by atomic mass is 9.81. The van der Waals surface area contributed by atoms with Gasteiger partial charge in [0.15, 0.2) is 5.71 Å². The maximum atomic E-state index is 12.3. The summed E-state index contributed by atoms with van der Waals surface area (Å²) in [6.07, 6.45) is 8.80. The summed E-state index contributed by atoms with van der Waals surface area (Å²) in [4.78, 5) is 14.0. The van der Waals surface area contributed by atoms with Crippen molar-refractivity contribution in [2.75, 3.05) is 23.9 Å². The van der Waals surface area contributed by atoms with Crippen LogP contribution in [0.2, 0.25) is 0 Å². The van der Waals surface area contributed by atoms with Gasteiger partial charge in [-0.25, -0.2) is 0 Å². The Morgan fingerprint density at radius 3 is 2.42 bits per heavy atom. The van der Waals surface area contributed by atoms with E-state index in [9.17, 15) is 40.9 Å². The Morgan fingerprint density at radius 1 is 1.04 bits per heavy atom. The number of fused-ring (bicyclic) bond motifs is 6. The number of carbonyl (C=O) groups excluding carboxylic acids is 1. The van der Waals surface area contributed by atoms with E-state index in [1.54, 1.807) is 22.8 Å². The summed E-state index contributed by atoms with van der Waals surface area (Å²) in [6.45, 7) is 7.15. The molecule has 266 valence electrons. The van der Waals surface area contributed by atoms with Crippen molar-refractivity contribution in [2.24, 2.45) is 0 Å². The van der Waals surface area contributed by atoms with Gasteiger partial charge >= 0.3 is 0 Å². The topological polar surface area (TPSA) is 185 Å². The molecule has 12 nitrogen and oxygen atoms in total. The summed E-state index contributed by atoms with van der Waals surface area (Å²) in [5.41, 5.74) is 7.48. The lowest BCUT2D eigenvalue weighted by molar-refractivity contribution is -0.482. The van der Waals surface area contributed by atoms with Crippen LogP contribution in [0.1, 0.15) is 63.1 Å². The number of nitrogens with one attached hydrogen (secondary N) is 1. The van der Waals surface area contributed by atoms with Crippen molar-refractivity contribution < 1.29 is 45.5 Å². The highest BCUT2D eigenvalue weighted by Crippen LogP contribution is 2.56. The molecule has 2 aromatic rings. The summed E-state index contributed by atoms with van der Waals surface area (Å²) < 4.78 is 67.7. The van der Waals surface area contributed by atoms with Crippen molar-refractivity contribution in [3.63, 3.8) is 0 Å². The molecule has 14 heteroatoms. The summed E-state index contributed by atoms with van der Waals surface area (Å²) >= 11 is 0. The number of β-amino-alcohol motifs (C(OH)–C–C–N with tert-alkyl or cyclic N) is 1. The Bertz CT molecular complexity index is 2180. The fraction of sp³-hybridized carbons (Fsp3) is 0.389. The van der Waals surface area contributed by atoms with Gasteiger partial charge in [-0.1, -0.05) is 29.8 Å². The van der Waals surface area contributed by atoms with Gasteiger partial charge < -0.3 is 20.4 Å². The van der Waals surface area contributed by atoms with E-state index in [0.717, 1.165) is 45.8 Å². The van der Waals surface area contributed by atoms with Gasteiger partial charge in [-0.05, 0) is 87.9 Å². The molecular weight excluding hydrogens is 683 g/mol. The fourth-order valence-electron chi connectivity index (χ4n) is 8.23. The van der Waals surface area contributed by atoms with Crippen molar-refractivity contribution in [2.45, 2.75) is 75.2 Å². The summed E-state index contributed by atoms with van der Waals surface area (Å²) in [5.74, 6) is -1.07. The van der Waals surface area contributed by atoms with E-state index in [1.807, 2.05) is 43.0 Å². The number of hydrogen-bond acceptors (Lipinski definition) is 8. The third-order valence-electron chi connectivity index (χ3n) is 10.4. The SMILES string of the molecule is CC(=O)NC(=C\C=C1/CCC2(C)C1=[N+](CO)c1ccc(S(=O)(=O)O)cc12)/C=C/C1=C2N(CC(O)CS(=O)(=O)O)c3ccc(C)cc3C2(C)CC1. The molecule has 0 radical (unpaired) electrons. The average molecular weight is 725 g/mol. The Balaban J connectivity index is 1.37. The number of benzene rings is 2. The highest BCUT2D eigenvalue weighted by Gasteiger charge is 2.54. The number of carbonyl (C=O) groups is 1. The molecule has 50 heavy (non-hydrogen) atoms. The molecule has 2 aliphatic heterocycles. The molecule has 0 aromatic heterocycles. The Morgan fingerprint density at radius 2 is 1.76 bits per heavy atom. The number of hydrogen-bond donors (Lipinski definition) is 5. The molecule has 3 atom stereocenters. The number of rotatable bonds is 10. The second-order valence-corrected chi connectivity index (χ2v) is 16.9. The van der Waals surface area contributed by atoms with Crippen LogP contribution >= 0.6 is 0 Å². The second kappa shape index (κ2) is 12.7. The summed E-state index contributed by atoms with van der Waals surface area (Å²) in [6, 6.07) is 10.4. The smallest absolute Gasteiger partial charge is 0.294 e. The molecule has 4 aliphatic rings. The van der Waals surface area contributed by atoms with Crippen LogP contribution < -0.4 is 10.2 Å². The largest absolute Gasteiger partial charge is 0.390 e.